The van der Waals surface area contributed by atoms with E-state index in [0.29, 0.717) is 37.4 Å². The maximum absolute atomic E-state index is 13.1. The van der Waals surface area contributed by atoms with Crippen LogP contribution in [0, 0.1) is 6.92 Å². The van der Waals surface area contributed by atoms with Crippen LogP contribution in [-0.2, 0) is 0 Å². The van der Waals surface area contributed by atoms with Crippen molar-refractivity contribution in [3.8, 4) is 0 Å². The van der Waals surface area contributed by atoms with Gasteiger partial charge in [-0.15, -0.1) is 5.10 Å². The molecule has 162 valence electrons. The molecule has 2 aliphatic heterocycles. The van der Waals surface area contributed by atoms with E-state index in [1.54, 1.807) is 10.3 Å². The van der Waals surface area contributed by atoms with Crippen LogP contribution in [0.4, 0.5) is 11.4 Å². The highest BCUT2D eigenvalue weighted by Gasteiger charge is 2.27. The zero-order valence-electron chi connectivity index (χ0n) is 17.8. The van der Waals surface area contributed by atoms with Gasteiger partial charge in [0.15, 0.2) is 5.69 Å². The fraction of sp³-hybridized carbons (Fsp3) is 0.250. The number of piperazine rings is 1. The lowest BCUT2D eigenvalue weighted by Crippen LogP contribution is -2.50. The largest absolute Gasteiger partial charge is 0.337 e. The Labute approximate surface area is 190 Å². The zero-order chi connectivity index (χ0) is 22.1. The number of rotatable bonds is 3. The second-order valence-electron chi connectivity index (χ2n) is 7.95. The van der Waals surface area contributed by atoms with Crippen molar-refractivity contribution < 1.29 is 9.59 Å². The van der Waals surface area contributed by atoms with E-state index in [9.17, 15) is 9.59 Å². The van der Waals surface area contributed by atoms with Gasteiger partial charge in [0.25, 0.3) is 11.8 Å². The number of anilines is 2. The molecule has 3 aromatic rings. The Kier molecular flexibility index (Phi) is 5.45. The Morgan fingerprint density at radius 2 is 1.69 bits per heavy atom. The van der Waals surface area contributed by atoms with Gasteiger partial charge in [-0.05, 0) is 53.8 Å². The van der Waals surface area contributed by atoms with Gasteiger partial charge in [-0.2, -0.15) is 0 Å². The zero-order valence-corrected chi connectivity index (χ0v) is 18.6. The third kappa shape index (κ3) is 3.78. The molecule has 3 heterocycles. The van der Waals surface area contributed by atoms with Gasteiger partial charge in [0.2, 0.25) is 0 Å². The van der Waals surface area contributed by atoms with Crippen molar-refractivity contribution in [2.75, 3.05) is 37.6 Å². The highest BCUT2D eigenvalue weighted by Crippen LogP contribution is 2.34. The van der Waals surface area contributed by atoms with Crippen molar-refractivity contribution in [1.82, 2.24) is 19.4 Å². The fourth-order valence-corrected chi connectivity index (χ4v) is 4.72. The molecule has 1 fully saturated rings. The summed E-state index contributed by atoms with van der Waals surface area (Å²) in [7, 11) is 0. The molecule has 0 spiro atoms. The van der Waals surface area contributed by atoms with E-state index >= 15 is 0 Å². The van der Waals surface area contributed by atoms with E-state index in [-0.39, 0.29) is 11.8 Å². The molecule has 0 radical (unpaired) electrons. The molecule has 1 aromatic heterocycles. The molecule has 0 N–H and O–H groups in total. The van der Waals surface area contributed by atoms with Crippen LogP contribution < -0.4 is 4.90 Å². The van der Waals surface area contributed by atoms with E-state index in [2.05, 4.69) is 38.8 Å². The molecule has 2 amide bonds. The second kappa shape index (κ2) is 8.55. The minimum Gasteiger partial charge on any atom is -0.337 e. The maximum Gasteiger partial charge on any atom is 0.275 e. The first-order valence-electron chi connectivity index (χ1n) is 10.6. The Morgan fingerprint density at radius 1 is 0.938 bits per heavy atom. The Morgan fingerprint density at radius 3 is 2.41 bits per heavy atom. The number of aryl methyl sites for hydroxylation is 1. The number of fused-ring (bicyclic) bond motifs is 1. The first kappa shape index (κ1) is 20.4. The smallest absolute Gasteiger partial charge is 0.275 e. The SMILES string of the molecule is Cc1cc(C(=O)N2CCN(C(=O)c3csnn3)CC2)ccc1N1CC=Cc2ccccc21. The van der Waals surface area contributed by atoms with Crippen molar-refractivity contribution in [2.45, 2.75) is 6.92 Å². The van der Waals surface area contributed by atoms with Gasteiger partial charge in [-0.25, -0.2) is 0 Å². The standard InChI is InChI=1S/C24H23N5O2S/c1-17-15-19(8-9-21(17)29-10-4-6-18-5-2-3-7-22(18)29)23(30)27-11-13-28(14-12-27)24(31)20-16-32-26-25-20/h2-9,15-16H,10-14H2,1H3. The number of aromatic nitrogens is 2. The van der Waals surface area contributed by atoms with E-state index in [1.807, 2.05) is 42.2 Å². The average Bonchev–Trinajstić information content (AvgIpc) is 3.38. The predicted octanol–water partition coefficient (Wildman–Crippen LogP) is 3.61. The summed E-state index contributed by atoms with van der Waals surface area (Å²) in [6.07, 6.45) is 4.30. The van der Waals surface area contributed by atoms with E-state index in [4.69, 9.17) is 0 Å². The van der Waals surface area contributed by atoms with Crippen LogP contribution in [0.15, 0.2) is 53.9 Å². The minimum atomic E-state index is -0.123. The molecule has 8 heteroatoms. The summed E-state index contributed by atoms with van der Waals surface area (Å²) in [4.78, 5) is 31.4. The van der Waals surface area contributed by atoms with Crippen molar-refractivity contribution >= 4 is 40.8 Å². The lowest BCUT2D eigenvalue weighted by atomic mass is 10.0. The summed E-state index contributed by atoms with van der Waals surface area (Å²) in [5.74, 6) is -0.122. The molecule has 2 aliphatic rings. The normalized spacial score (nSPS) is 15.6. The number of benzene rings is 2. The van der Waals surface area contributed by atoms with Crippen LogP contribution >= 0.6 is 11.5 Å². The number of para-hydroxylation sites is 1. The number of carbonyl (C=O) groups is 2. The highest BCUT2D eigenvalue weighted by molar-refractivity contribution is 7.03. The van der Waals surface area contributed by atoms with Crippen LogP contribution in [0.5, 0.6) is 0 Å². The third-order valence-corrected chi connectivity index (χ3v) is 6.49. The number of hydrogen-bond donors (Lipinski definition) is 0. The molecule has 0 aliphatic carbocycles. The van der Waals surface area contributed by atoms with Crippen LogP contribution in [0.25, 0.3) is 6.08 Å². The summed E-state index contributed by atoms with van der Waals surface area (Å²) in [6.45, 7) is 4.85. The Balaban J connectivity index is 1.28. The van der Waals surface area contributed by atoms with Gasteiger partial charge >= 0.3 is 0 Å². The van der Waals surface area contributed by atoms with Crippen LogP contribution in [0.1, 0.15) is 32.0 Å². The van der Waals surface area contributed by atoms with Crippen molar-refractivity contribution in [3.05, 3.63) is 76.3 Å². The number of nitrogens with zero attached hydrogens (tertiary/aromatic N) is 5. The molecule has 2 aromatic carbocycles. The molecule has 0 atom stereocenters. The predicted molar refractivity (Wildman–Crippen MR) is 125 cm³/mol. The topological polar surface area (TPSA) is 69.6 Å². The van der Waals surface area contributed by atoms with E-state index in [1.165, 1.54) is 11.3 Å². The lowest BCUT2D eigenvalue weighted by Gasteiger charge is -2.34. The van der Waals surface area contributed by atoms with Gasteiger partial charge in [0.1, 0.15) is 0 Å². The number of amides is 2. The first-order chi connectivity index (χ1) is 15.6. The van der Waals surface area contributed by atoms with E-state index in [0.717, 1.165) is 29.3 Å². The molecule has 0 bridgehead atoms. The van der Waals surface area contributed by atoms with Gasteiger partial charge in [0.05, 0.1) is 0 Å². The third-order valence-electron chi connectivity index (χ3n) is 5.98. The quantitative estimate of drug-likeness (QED) is 0.616. The number of hydrogen-bond acceptors (Lipinski definition) is 6. The summed E-state index contributed by atoms with van der Waals surface area (Å²) in [6, 6.07) is 14.2. The lowest BCUT2D eigenvalue weighted by molar-refractivity contribution is 0.0532. The first-order valence-corrected chi connectivity index (χ1v) is 11.4. The number of carbonyl (C=O) groups excluding carboxylic acids is 2. The van der Waals surface area contributed by atoms with Gasteiger partial charge in [-0.3, -0.25) is 9.59 Å². The molecular weight excluding hydrogens is 422 g/mol. The summed E-state index contributed by atoms with van der Waals surface area (Å²) < 4.78 is 3.75. The van der Waals surface area contributed by atoms with Crippen LogP contribution in [0.3, 0.4) is 0 Å². The Bertz CT molecular complexity index is 1180. The highest BCUT2D eigenvalue weighted by atomic mass is 32.1. The summed E-state index contributed by atoms with van der Waals surface area (Å²) >= 11 is 1.16. The maximum atomic E-state index is 13.1. The van der Waals surface area contributed by atoms with E-state index < -0.39 is 0 Å². The van der Waals surface area contributed by atoms with Crippen molar-refractivity contribution in [3.63, 3.8) is 0 Å². The van der Waals surface area contributed by atoms with Crippen LogP contribution in [-0.4, -0.2) is 63.9 Å². The molecule has 0 unspecified atom stereocenters. The van der Waals surface area contributed by atoms with Crippen molar-refractivity contribution in [2.24, 2.45) is 0 Å². The van der Waals surface area contributed by atoms with Gasteiger partial charge in [-0.1, -0.05) is 34.8 Å². The molecule has 32 heavy (non-hydrogen) atoms. The Hall–Kier alpha value is -3.52. The van der Waals surface area contributed by atoms with Gasteiger partial charge < -0.3 is 14.7 Å². The molecular formula is C24H23N5O2S. The molecule has 7 nitrogen and oxygen atoms in total. The fourth-order valence-electron chi connectivity index (χ4n) is 4.29. The summed E-state index contributed by atoms with van der Waals surface area (Å²) in [5, 5.41) is 5.51. The second-order valence-corrected chi connectivity index (χ2v) is 8.56. The molecule has 5 rings (SSSR count). The molecule has 0 saturated carbocycles. The summed E-state index contributed by atoms with van der Waals surface area (Å²) in [5.41, 5.74) is 5.58. The molecule has 1 saturated heterocycles. The average molecular weight is 446 g/mol. The van der Waals surface area contributed by atoms with Crippen molar-refractivity contribution in [1.29, 1.82) is 0 Å². The minimum absolute atomic E-state index is 0.000939. The monoisotopic (exact) mass is 445 g/mol. The van der Waals surface area contributed by atoms with Gasteiger partial charge in [0, 0.05) is 55.0 Å². The van der Waals surface area contributed by atoms with Crippen LogP contribution in [0.2, 0.25) is 0 Å².